The monoisotopic (exact) mass is 540 g/mol. The van der Waals surface area contributed by atoms with E-state index in [0.717, 1.165) is 4.31 Å². The molecular formula is C25H28N6O6S. The number of nitrogens with one attached hydrogen (secondary N) is 2. The number of ether oxygens (including phenoxy) is 1. The van der Waals surface area contributed by atoms with E-state index in [4.69, 9.17) is 4.74 Å². The number of benzene rings is 1. The van der Waals surface area contributed by atoms with Gasteiger partial charge in [-0.2, -0.15) is 14.7 Å². The third-order valence-electron chi connectivity index (χ3n) is 7.01. The summed E-state index contributed by atoms with van der Waals surface area (Å²) in [6.07, 6.45) is 2.07. The molecule has 5 rings (SSSR count). The van der Waals surface area contributed by atoms with Crippen LogP contribution in [0.4, 0.5) is 11.5 Å². The van der Waals surface area contributed by atoms with Gasteiger partial charge in [0.1, 0.15) is 11.4 Å². The molecule has 3 atom stereocenters. The van der Waals surface area contributed by atoms with Gasteiger partial charge < -0.3 is 20.1 Å². The van der Waals surface area contributed by atoms with Crippen molar-refractivity contribution in [2.45, 2.75) is 50.7 Å². The summed E-state index contributed by atoms with van der Waals surface area (Å²) >= 11 is 0. The number of fused-ring (bicyclic) bond motifs is 2. The van der Waals surface area contributed by atoms with Crippen molar-refractivity contribution in [3.8, 4) is 6.07 Å². The first kappa shape index (κ1) is 25.9. The maximum absolute atomic E-state index is 13.2. The number of anilines is 2. The number of H-pyrrole nitrogens is 1. The van der Waals surface area contributed by atoms with Crippen LogP contribution in [0.3, 0.4) is 0 Å². The van der Waals surface area contributed by atoms with E-state index in [0.29, 0.717) is 35.2 Å². The van der Waals surface area contributed by atoms with Gasteiger partial charge in [0.05, 0.1) is 35.0 Å². The molecule has 2 aliphatic rings. The lowest BCUT2D eigenvalue weighted by Crippen LogP contribution is -2.49. The second-order valence-electron chi connectivity index (χ2n) is 10.6. The highest BCUT2D eigenvalue weighted by molar-refractivity contribution is 7.89. The average molecular weight is 541 g/mol. The number of nitriles is 1. The third-order valence-corrected chi connectivity index (χ3v) is 8.93. The number of hydrogen-bond donors (Lipinski definition) is 3. The highest BCUT2D eigenvalue weighted by atomic mass is 32.2. The fraction of sp³-hybridized carbons (Fsp3) is 0.440. The number of rotatable bonds is 5. The summed E-state index contributed by atoms with van der Waals surface area (Å²) in [5, 5.41) is 27.5. The van der Waals surface area contributed by atoms with Gasteiger partial charge in [0.15, 0.2) is 5.82 Å². The van der Waals surface area contributed by atoms with Gasteiger partial charge >= 0.3 is 5.97 Å². The van der Waals surface area contributed by atoms with Gasteiger partial charge in [-0.15, -0.1) is 0 Å². The van der Waals surface area contributed by atoms with Crippen molar-refractivity contribution in [3.63, 3.8) is 0 Å². The van der Waals surface area contributed by atoms with Gasteiger partial charge in [-0.3, -0.25) is 14.3 Å². The number of pyridine rings is 1. The molecule has 2 aromatic heterocycles. The van der Waals surface area contributed by atoms with Crippen molar-refractivity contribution in [2.24, 2.45) is 11.3 Å². The summed E-state index contributed by atoms with van der Waals surface area (Å²) in [5.74, 6) is -1.30. The van der Waals surface area contributed by atoms with Crippen molar-refractivity contribution >= 4 is 38.4 Å². The minimum absolute atomic E-state index is 0.0444. The average Bonchev–Trinajstić information content (AvgIpc) is 3.33. The quantitative estimate of drug-likeness (QED) is 0.440. The molecule has 38 heavy (non-hydrogen) atoms. The third kappa shape index (κ3) is 4.24. The fourth-order valence-electron chi connectivity index (χ4n) is 5.26. The molecule has 1 aromatic carbocycles. The maximum atomic E-state index is 13.2. The van der Waals surface area contributed by atoms with Gasteiger partial charge in [0, 0.05) is 25.0 Å². The highest BCUT2D eigenvalue weighted by Crippen LogP contribution is 2.39. The Labute approximate surface area is 218 Å². The van der Waals surface area contributed by atoms with Gasteiger partial charge in [0.25, 0.3) is 5.56 Å². The SMILES string of the molecule is CC(C)(C)C(C(=O)O)N1Cc2cc(Nc3nn(C4COCCC4C#N)c4cc[nH]c(=O)c34)ccc2S1(=O)=O. The first-order valence-corrected chi connectivity index (χ1v) is 13.6. The molecular weight excluding hydrogens is 512 g/mol. The lowest BCUT2D eigenvalue weighted by atomic mass is 9.86. The molecule has 3 aromatic rings. The number of aromatic nitrogens is 3. The molecule has 0 spiro atoms. The van der Waals surface area contributed by atoms with Crippen LogP contribution in [0.15, 0.2) is 40.2 Å². The number of carbonyl (C=O) groups is 1. The number of carboxylic acids is 1. The number of aliphatic carboxylic acids is 1. The molecule has 0 radical (unpaired) electrons. The summed E-state index contributed by atoms with van der Waals surface area (Å²) in [6.45, 7) is 5.72. The van der Waals surface area contributed by atoms with E-state index in [1.807, 2.05) is 0 Å². The summed E-state index contributed by atoms with van der Waals surface area (Å²) in [5.41, 5.74) is 0.254. The molecule has 4 heterocycles. The first-order valence-electron chi connectivity index (χ1n) is 12.2. The predicted molar refractivity (Wildman–Crippen MR) is 137 cm³/mol. The van der Waals surface area contributed by atoms with Crippen molar-refractivity contribution < 1.29 is 23.1 Å². The minimum atomic E-state index is -4.02. The minimum Gasteiger partial charge on any atom is -0.480 e. The molecule has 12 nitrogen and oxygen atoms in total. The van der Waals surface area contributed by atoms with Gasteiger partial charge in [0.2, 0.25) is 10.0 Å². The zero-order valence-corrected chi connectivity index (χ0v) is 21.9. The molecule has 0 aliphatic carbocycles. The lowest BCUT2D eigenvalue weighted by Gasteiger charge is -2.33. The second kappa shape index (κ2) is 9.23. The lowest BCUT2D eigenvalue weighted by molar-refractivity contribution is -0.145. The molecule has 1 fully saturated rings. The highest BCUT2D eigenvalue weighted by Gasteiger charge is 2.47. The standard InChI is InChI=1S/C25H28N6O6S/c1-25(2,3)21(24(33)34)30-12-15-10-16(4-5-19(15)38(30,35)36)28-22-20-17(6-8-27-23(20)32)31(29-22)18-13-37-9-7-14(18)11-26/h4-6,8,10,14,18,21H,7,9,12-13H2,1-3H3,(H,27,32)(H,28,29)(H,33,34). The van der Waals surface area contributed by atoms with Crippen molar-refractivity contribution in [3.05, 3.63) is 46.4 Å². The maximum Gasteiger partial charge on any atom is 0.322 e. The summed E-state index contributed by atoms with van der Waals surface area (Å²) in [7, 11) is -4.02. The molecule has 3 unspecified atom stereocenters. The summed E-state index contributed by atoms with van der Waals surface area (Å²) < 4.78 is 34.7. The molecule has 200 valence electrons. The normalized spacial score (nSPS) is 22.1. The molecule has 1 saturated heterocycles. The van der Waals surface area contributed by atoms with Crippen LogP contribution in [0.1, 0.15) is 38.8 Å². The van der Waals surface area contributed by atoms with E-state index in [2.05, 4.69) is 21.5 Å². The Bertz CT molecular complexity index is 1630. The molecule has 2 aliphatic heterocycles. The number of nitrogens with zero attached hydrogens (tertiary/aromatic N) is 4. The molecule has 13 heteroatoms. The number of hydrogen-bond acceptors (Lipinski definition) is 8. The Hall–Kier alpha value is -3.73. The molecule has 0 bridgehead atoms. The number of aromatic amines is 1. The largest absolute Gasteiger partial charge is 0.480 e. The Balaban J connectivity index is 1.53. The van der Waals surface area contributed by atoms with Crippen molar-refractivity contribution in [1.29, 1.82) is 5.26 Å². The van der Waals surface area contributed by atoms with Gasteiger partial charge in [-0.25, -0.2) is 8.42 Å². The second-order valence-corrected chi connectivity index (χ2v) is 12.5. The topological polar surface area (TPSA) is 170 Å². The van der Waals surface area contributed by atoms with Crippen LogP contribution < -0.4 is 10.9 Å². The van der Waals surface area contributed by atoms with Crippen molar-refractivity contribution in [2.75, 3.05) is 18.5 Å². The van der Waals surface area contributed by atoms with Crippen LogP contribution in [0, 0.1) is 22.7 Å². The number of sulfonamides is 1. The van der Waals surface area contributed by atoms with Gasteiger partial charge in [-0.05, 0) is 41.7 Å². The first-order chi connectivity index (χ1) is 17.9. The van der Waals surface area contributed by atoms with E-state index in [-0.39, 0.29) is 41.4 Å². The molecule has 0 amide bonds. The fourth-order valence-corrected chi connectivity index (χ4v) is 7.20. The summed E-state index contributed by atoms with van der Waals surface area (Å²) in [6, 6.07) is 7.00. The summed E-state index contributed by atoms with van der Waals surface area (Å²) in [4.78, 5) is 27.5. The van der Waals surface area contributed by atoms with Crippen LogP contribution in [0.2, 0.25) is 0 Å². The van der Waals surface area contributed by atoms with Crippen LogP contribution >= 0.6 is 0 Å². The Morgan fingerprint density at radius 2 is 2.11 bits per heavy atom. The van der Waals surface area contributed by atoms with E-state index < -0.39 is 27.4 Å². The Morgan fingerprint density at radius 1 is 1.34 bits per heavy atom. The molecule has 0 saturated carbocycles. The van der Waals surface area contributed by atoms with Gasteiger partial charge in [-0.1, -0.05) is 20.8 Å². The number of carboxylic acid groups (broad SMARTS) is 1. The smallest absolute Gasteiger partial charge is 0.322 e. The van der Waals surface area contributed by atoms with Crippen LogP contribution in [-0.4, -0.2) is 57.8 Å². The Kier molecular flexibility index (Phi) is 6.29. The predicted octanol–water partition coefficient (Wildman–Crippen LogP) is 2.57. The van der Waals surface area contributed by atoms with E-state index in [1.165, 1.54) is 12.3 Å². The Morgan fingerprint density at radius 3 is 2.79 bits per heavy atom. The van der Waals surface area contributed by atoms with E-state index >= 15 is 0 Å². The van der Waals surface area contributed by atoms with Crippen LogP contribution in [0.5, 0.6) is 0 Å². The van der Waals surface area contributed by atoms with Crippen molar-refractivity contribution in [1.82, 2.24) is 19.1 Å². The van der Waals surface area contributed by atoms with Crippen LogP contribution in [0.25, 0.3) is 10.9 Å². The van der Waals surface area contributed by atoms with E-state index in [9.17, 15) is 28.4 Å². The zero-order chi connectivity index (χ0) is 27.4. The van der Waals surface area contributed by atoms with E-state index in [1.54, 1.807) is 43.7 Å². The van der Waals surface area contributed by atoms with Crippen LogP contribution in [-0.2, 0) is 26.1 Å². The zero-order valence-electron chi connectivity index (χ0n) is 21.1. The molecule has 3 N–H and O–H groups in total.